The predicted molar refractivity (Wildman–Crippen MR) is 86.3 cm³/mol. The van der Waals surface area contributed by atoms with Crippen molar-refractivity contribution in [2.45, 2.75) is 52.0 Å². The van der Waals surface area contributed by atoms with Gasteiger partial charge in [0, 0.05) is 24.6 Å². The Hall–Kier alpha value is -1.55. The first-order chi connectivity index (χ1) is 10.2. The molecule has 0 aliphatic carbocycles. The van der Waals surface area contributed by atoms with Gasteiger partial charge in [0.15, 0.2) is 0 Å². The fourth-order valence-corrected chi connectivity index (χ4v) is 2.19. The Morgan fingerprint density at radius 3 is 2.48 bits per heavy atom. The average molecular weight is 292 g/mol. The SMILES string of the molecule is CCCCNC(=O)C[C@H](NCCCC)c1ccccc1O. The second-order valence-corrected chi connectivity index (χ2v) is 5.33. The van der Waals surface area contributed by atoms with Gasteiger partial charge in [-0.3, -0.25) is 4.79 Å². The second kappa shape index (κ2) is 10.2. The van der Waals surface area contributed by atoms with Gasteiger partial charge < -0.3 is 15.7 Å². The van der Waals surface area contributed by atoms with Crippen molar-refractivity contribution < 1.29 is 9.90 Å². The highest BCUT2D eigenvalue weighted by Crippen LogP contribution is 2.26. The van der Waals surface area contributed by atoms with Crippen LogP contribution in [0.25, 0.3) is 0 Å². The molecule has 0 saturated carbocycles. The molecule has 0 fully saturated rings. The smallest absolute Gasteiger partial charge is 0.221 e. The summed E-state index contributed by atoms with van der Waals surface area (Å²) in [6.07, 6.45) is 4.57. The molecule has 0 aliphatic heterocycles. The van der Waals surface area contributed by atoms with Crippen LogP contribution in [0, 0.1) is 0 Å². The molecule has 3 N–H and O–H groups in total. The van der Waals surface area contributed by atoms with Gasteiger partial charge in [-0.05, 0) is 25.5 Å². The summed E-state index contributed by atoms with van der Waals surface area (Å²) in [4.78, 5) is 12.0. The van der Waals surface area contributed by atoms with E-state index in [0.717, 1.165) is 44.3 Å². The van der Waals surface area contributed by atoms with Crippen molar-refractivity contribution in [2.24, 2.45) is 0 Å². The number of phenols is 1. The Morgan fingerprint density at radius 1 is 1.14 bits per heavy atom. The van der Waals surface area contributed by atoms with E-state index in [0.29, 0.717) is 6.42 Å². The number of unbranched alkanes of at least 4 members (excludes halogenated alkanes) is 2. The lowest BCUT2D eigenvalue weighted by atomic mass is 10.0. The molecule has 0 heterocycles. The van der Waals surface area contributed by atoms with Crippen LogP contribution in [0.1, 0.15) is 57.6 Å². The third kappa shape index (κ3) is 6.63. The van der Waals surface area contributed by atoms with Gasteiger partial charge in [0.2, 0.25) is 5.91 Å². The van der Waals surface area contributed by atoms with Gasteiger partial charge >= 0.3 is 0 Å². The molecule has 0 bridgehead atoms. The van der Waals surface area contributed by atoms with E-state index in [2.05, 4.69) is 24.5 Å². The summed E-state index contributed by atoms with van der Waals surface area (Å²) in [7, 11) is 0. The van der Waals surface area contributed by atoms with E-state index in [-0.39, 0.29) is 17.7 Å². The summed E-state index contributed by atoms with van der Waals surface area (Å²) >= 11 is 0. The topological polar surface area (TPSA) is 61.4 Å². The summed E-state index contributed by atoms with van der Waals surface area (Å²) in [5.74, 6) is 0.272. The second-order valence-electron chi connectivity index (χ2n) is 5.33. The zero-order chi connectivity index (χ0) is 15.5. The summed E-state index contributed by atoms with van der Waals surface area (Å²) in [6.45, 7) is 5.80. The van der Waals surface area contributed by atoms with Crippen molar-refractivity contribution in [2.75, 3.05) is 13.1 Å². The zero-order valence-corrected chi connectivity index (χ0v) is 13.2. The summed E-state index contributed by atoms with van der Waals surface area (Å²) in [6, 6.07) is 7.08. The number of benzene rings is 1. The maximum atomic E-state index is 12.0. The summed E-state index contributed by atoms with van der Waals surface area (Å²) in [5.41, 5.74) is 0.791. The molecule has 4 heteroatoms. The van der Waals surface area contributed by atoms with Gasteiger partial charge in [-0.15, -0.1) is 0 Å². The molecule has 0 saturated heterocycles. The minimum atomic E-state index is -0.139. The number of nitrogens with one attached hydrogen (secondary N) is 2. The number of phenolic OH excluding ortho intramolecular Hbond substituents is 1. The molecule has 4 nitrogen and oxygen atoms in total. The molecular weight excluding hydrogens is 264 g/mol. The van der Waals surface area contributed by atoms with Gasteiger partial charge in [-0.1, -0.05) is 44.9 Å². The molecule has 0 unspecified atom stereocenters. The minimum Gasteiger partial charge on any atom is -0.508 e. The highest BCUT2D eigenvalue weighted by molar-refractivity contribution is 5.76. The number of amides is 1. The quantitative estimate of drug-likeness (QED) is 0.581. The standard InChI is InChI=1S/C17H28N2O2/c1-3-5-11-18-15(13-17(21)19-12-6-4-2)14-9-7-8-10-16(14)20/h7-10,15,18,20H,3-6,11-13H2,1-2H3,(H,19,21)/t15-/m0/s1. The number of hydrogen-bond donors (Lipinski definition) is 3. The molecule has 0 aliphatic rings. The molecule has 1 amide bonds. The molecule has 1 aromatic rings. The molecule has 0 spiro atoms. The first-order valence-electron chi connectivity index (χ1n) is 7.97. The van der Waals surface area contributed by atoms with Crippen molar-refractivity contribution in [3.63, 3.8) is 0 Å². The van der Waals surface area contributed by atoms with Crippen LogP contribution < -0.4 is 10.6 Å². The van der Waals surface area contributed by atoms with Gasteiger partial charge in [-0.25, -0.2) is 0 Å². The van der Waals surface area contributed by atoms with E-state index in [9.17, 15) is 9.90 Å². The van der Waals surface area contributed by atoms with Crippen LogP contribution in [-0.4, -0.2) is 24.1 Å². The van der Waals surface area contributed by atoms with Crippen molar-refractivity contribution >= 4 is 5.91 Å². The van der Waals surface area contributed by atoms with Gasteiger partial charge in [0.25, 0.3) is 0 Å². The molecule has 118 valence electrons. The van der Waals surface area contributed by atoms with Gasteiger partial charge in [-0.2, -0.15) is 0 Å². The van der Waals surface area contributed by atoms with Crippen LogP contribution in [-0.2, 0) is 4.79 Å². The van der Waals surface area contributed by atoms with Crippen LogP contribution >= 0.6 is 0 Å². The summed E-state index contributed by atoms with van der Waals surface area (Å²) < 4.78 is 0. The van der Waals surface area contributed by atoms with E-state index in [1.807, 2.05) is 12.1 Å². The fourth-order valence-electron chi connectivity index (χ4n) is 2.19. The molecule has 21 heavy (non-hydrogen) atoms. The van der Waals surface area contributed by atoms with E-state index in [1.54, 1.807) is 12.1 Å². The molecular formula is C17H28N2O2. The predicted octanol–water partition coefficient (Wildman–Crippen LogP) is 3.13. The number of carbonyl (C=O) groups is 1. The molecule has 0 aromatic heterocycles. The lowest BCUT2D eigenvalue weighted by Crippen LogP contribution is -2.31. The van der Waals surface area contributed by atoms with Crippen LogP contribution in [0.15, 0.2) is 24.3 Å². The molecule has 1 atom stereocenters. The lowest BCUT2D eigenvalue weighted by molar-refractivity contribution is -0.121. The fraction of sp³-hybridized carbons (Fsp3) is 0.588. The molecule has 1 rings (SSSR count). The van der Waals surface area contributed by atoms with Crippen molar-refractivity contribution in [3.8, 4) is 5.75 Å². The normalized spacial score (nSPS) is 12.1. The first kappa shape index (κ1) is 17.5. The summed E-state index contributed by atoms with van der Waals surface area (Å²) in [5, 5.41) is 16.3. The van der Waals surface area contributed by atoms with Crippen molar-refractivity contribution in [1.82, 2.24) is 10.6 Å². The van der Waals surface area contributed by atoms with Crippen molar-refractivity contribution in [3.05, 3.63) is 29.8 Å². The molecule has 1 aromatic carbocycles. The number of hydrogen-bond acceptors (Lipinski definition) is 3. The van der Waals surface area contributed by atoms with E-state index >= 15 is 0 Å². The highest BCUT2D eigenvalue weighted by atomic mass is 16.3. The van der Waals surface area contributed by atoms with E-state index < -0.39 is 0 Å². The Bertz CT molecular complexity index is 421. The Morgan fingerprint density at radius 2 is 1.81 bits per heavy atom. The largest absolute Gasteiger partial charge is 0.508 e. The van der Waals surface area contributed by atoms with Crippen molar-refractivity contribution in [1.29, 1.82) is 0 Å². The van der Waals surface area contributed by atoms with Crippen LogP contribution in [0.2, 0.25) is 0 Å². The van der Waals surface area contributed by atoms with E-state index in [1.165, 1.54) is 0 Å². The number of aromatic hydroxyl groups is 1. The van der Waals surface area contributed by atoms with Crippen LogP contribution in [0.4, 0.5) is 0 Å². The first-order valence-corrected chi connectivity index (χ1v) is 7.97. The molecule has 0 radical (unpaired) electrons. The monoisotopic (exact) mass is 292 g/mol. The van der Waals surface area contributed by atoms with E-state index in [4.69, 9.17) is 0 Å². The highest BCUT2D eigenvalue weighted by Gasteiger charge is 2.17. The third-order valence-electron chi connectivity index (χ3n) is 3.48. The van der Waals surface area contributed by atoms with Crippen LogP contribution in [0.3, 0.4) is 0 Å². The van der Waals surface area contributed by atoms with Gasteiger partial charge in [0.05, 0.1) is 0 Å². The number of rotatable bonds is 10. The Balaban J connectivity index is 2.64. The number of para-hydroxylation sites is 1. The van der Waals surface area contributed by atoms with Crippen LogP contribution in [0.5, 0.6) is 5.75 Å². The lowest BCUT2D eigenvalue weighted by Gasteiger charge is -2.20. The number of carbonyl (C=O) groups excluding carboxylic acids is 1. The minimum absolute atomic E-state index is 0.0284. The van der Waals surface area contributed by atoms with Gasteiger partial charge in [0.1, 0.15) is 5.75 Å². The Labute approximate surface area is 128 Å². The Kier molecular flexibility index (Phi) is 8.51. The third-order valence-corrected chi connectivity index (χ3v) is 3.48. The average Bonchev–Trinajstić information content (AvgIpc) is 2.47. The maximum Gasteiger partial charge on any atom is 0.221 e. The zero-order valence-electron chi connectivity index (χ0n) is 13.2. The maximum absolute atomic E-state index is 12.0.